The SMILES string of the molecule is COCCCN1C(=O)c2ccc(-c3ccccc3)n2C[C@]1(C)C(=O)NC1CCCCCC1. The zero-order valence-corrected chi connectivity index (χ0v) is 19.3. The Kier molecular flexibility index (Phi) is 6.99. The van der Waals surface area contributed by atoms with E-state index in [1.54, 1.807) is 12.0 Å². The highest BCUT2D eigenvalue weighted by Crippen LogP contribution is 2.33. The van der Waals surface area contributed by atoms with Gasteiger partial charge in [-0.2, -0.15) is 0 Å². The number of fused-ring (bicyclic) bond motifs is 1. The van der Waals surface area contributed by atoms with Crippen molar-refractivity contribution in [3.05, 3.63) is 48.2 Å². The quantitative estimate of drug-likeness (QED) is 0.520. The number of methoxy groups -OCH3 is 1. The molecule has 172 valence electrons. The molecule has 32 heavy (non-hydrogen) atoms. The van der Waals surface area contributed by atoms with Crippen LogP contribution in [0.1, 0.15) is 62.4 Å². The fourth-order valence-electron chi connectivity index (χ4n) is 5.12. The van der Waals surface area contributed by atoms with Crippen LogP contribution in [-0.2, 0) is 16.1 Å². The number of hydrogen-bond donors (Lipinski definition) is 1. The van der Waals surface area contributed by atoms with Crippen molar-refractivity contribution in [1.82, 2.24) is 14.8 Å². The van der Waals surface area contributed by atoms with Crippen LogP contribution in [0.5, 0.6) is 0 Å². The van der Waals surface area contributed by atoms with E-state index in [1.807, 2.05) is 54.0 Å². The van der Waals surface area contributed by atoms with Gasteiger partial charge in [-0.3, -0.25) is 9.59 Å². The summed E-state index contributed by atoms with van der Waals surface area (Å²) in [5.74, 6) is -0.137. The molecular weight excluding hydrogens is 402 g/mol. The van der Waals surface area contributed by atoms with Gasteiger partial charge in [-0.05, 0) is 43.9 Å². The van der Waals surface area contributed by atoms with Crippen LogP contribution in [0.25, 0.3) is 11.3 Å². The van der Waals surface area contributed by atoms with E-state index in [1.165, 1.54) is 12.8 Å². The average Bonchev–Trinajstić information content (AvgIpc) is 3.04. The van der Waals surface area contributed by atoms with Crippen molar-refractivity contribution in [2.24, 2.45) is 0 Å². The Morgan fingerprint density at radius 2 is 1.75 bits per heavy atom. The summed E-state index contributed by atoms with van der Waals surface area (Å²) in [5, 5.41) is 3.31. The lowest BCUT2D eigenvalue weighted by Gasteiger charge is -2.45. The monoisotopic (exact) mass is 437 g/mol. The number of nitrogens with zero attached hydrogens (tertiary/aromatic N) is 2. The van der Waals surface area contributed by atoms with Crippen molar-refractivity contribution in [3.8, 4) is 11.3 Å². The maximum atomic E-state index is 13.7. The van der Waals surface area contributed by atoms with E-state index in [0.717, 1.165) is 36.9 Å². The molecule has 1 aromatic heterocycles. The zero-order valence-electron chi connectivity index (χ0n) is 19.3. The number of nitrogens with one attached hydrogen (secondary N) is 1. The van der Waals surface area contributed by atoms with Gasteiger partial charge in [-0.15, -0.1) is 0 Å². The molecule has 0 radical (unpaired) electrons. The van der Waals surface area contributed by atoms with Gasteiger partial charge in [0.1, 0.15) is 11.2 Å². The fraction of sp³-hybridized carbons (Fsp3) is 0.538. The van der Waals surface area contributed by atoms with E-state index in [9.17, 15) is 9.59 Å². The van der Waals surface area contributed by atoms with Crippen molar-refractivity contribution in [2.75, 3.05) is 20.3 Å². The Hall–Kier alpha value is -2.60. The van der Waals surface area contributed by atoms with Crippen LogP contribution in [0.4, 0.5) is 0 Å². The van der Waals surface area contributed by atoms with Gasteiger partial charge in [0.2, 0.25) is 5.91 Å². The third-order valence-corrected chi connectivity index (χ3v) is 6.99. The van der Waals surface area contributed by atoms with Gasteiger partial charge in [-0.25, -0.2) is 0 Å². The molecule has 1 atom stereocenters. The first-order valence-corrected chi connectivity index (χ1v) is 11.9. The second-order valence-electron chi connectivity index (χ2n) is 9.29. The molecule has 1 aromatic carbocycles. The van der Waals surface area contributed by atoms with Crippen LogP contribution in [0, 0.1) is 0 Å². The highest BCUT2D eigenvalue weighted by molar-refractivity contribution is 6.00. The van der Waals surface area contributed by atoms with Gasteiger partial charge in [0, 0.05) is 32.0 Å². The number of aromatic nitrogens is 1. The molecule has 0 spiro atoms. The van der Waals surface area contributed by atoms with Gasteiger partial charge in [0.05, 0.1) is 6.54 Å². The maximum absolute atomic E-state index is 13.7. The molecule has 0 bridgehead atoms. The molecule has 2 amide bonds. The second kappa shape index (κ2) is 9.90. The Labute approximate surface area is 190 Å². The molecule has 1 aliphatic carbocycles. The third kappa shape index (κ3) is 4.46. The van der Waals surface area contributed by atoms with Crippen LogP contribution in [0.3, 0.4) is 0 Å². The number of rotatable bonds is 7. The average molecular weight is 438 g/mol. The van der Waals surface area contributed by atoms with E-state index in [4.69, 9.17) is 4.74 Å². The van der Waals surface area contributed by atoms with E-state index in [0.29, 0.717) is 31.8 Å². The number of benzene rings is 1. The molecule has 0 unspecified atom stereocenters. The lowest BCUT2D eigenvalue weighted by molar-refractivity contribution is -0.133. The molecule has 0 saturated heterocycles. The second-order valence-corrected chi connectivity index (χ2v) is 9.29. The largest absolute Gasteiger partial charge is 0.385 e. The van der Waals surface area contributed by atoms with Crippen molar-refractivity contribution in [1.29, 1.82) is 0 Å². The van der Waals surface area contributed by atoms with Crippen molar-refractivity contribution >= 4 is 11.8 Å². The molecule has 6 nitrogen and oxygen atoms in total. The normalized spacial score (nSPS) is 21.8. The van der Waals surface area contributed by atoms with Gasteiger partial charge < -0.3 is 19.5 Å². The van der Waals surface area contributed by atoms with Crippen molar-refractivity contribution in [3.63, 3.8) is 0 Å². The van der Waals surface area contributed by atoms with Crippen molar-refractivity contribution < 1.29 is 14.3 Å². The summed E-state index contributed by atoms with van der Waals surface area (Å²) >= 11 is 0. The van der Waals surface area contributed by atoms with Gasteiger partial charge >= 0.3 is 0 Å². The summed E-state index contributed by atoms with van der Waals surface area (Å²) in [5.41, 5.74) is 1.71. The molecule has 2 aliphatic rings. The standard InChI is InChI=1S/C26H35N3O3/c1-26(25(31)27-21-13-8-3-4-9-14-21)19-28-22(20-11-6-5-7-12-20)15-16-23(28)24(30)29(26)17-10-18-32-2/h5-7,11-12,15-16,21H,3-4,8-10,13-14,17-19H2,1-2H3,(H,27,31)/t26-/m1/s1. The lowest BCUT2D eigenvalue weighted by Crippen LogP contribution is -2.65. The van der Waals surface area contributed by atoms with Gasteiger partial charge in [0.15, 0.2) is 0 Å². The maximum Gasteiger partial charge on any atom is 0.271 e. The van der Waals surface area contributed by atoms with Crippen molar-refractivity contribution in [2.45, 2.75) is 70.0 Å². The summed E-state index contributed by atoms with van der Waals surface area (Å²) < 4.78 is 7.24. The van der Waals surface area contributed by atoms with Gasteiger partial charge in [-0.1, -0.05) is 56.0 Å². The first-order chi connectivity index (χ1) is 15.5. The summed E-state index contributed by atoms with van der Waals surface area (Å²) in [6, 6.07) is 14.1. The summed E-state index contributed by atoms with van der Waals surface area (Å²) in [6.07, 6.45) is 7.50. The smallest absolute Gasteiger partial charge is 0.271 e. The predicted octanol–water partition coefficient (Wildman–Crippen LogP) is 4.25. The zero-order chi connectivity index (χ0) is 22.6. The fourth-order valence-corrected chi connectivity index (χ4v) is 5.12. The third-order valence-electron chi connectivity index (χ3n) is 6.99. The molecule has 6 heteroatoms. The minimum Gasteiger partial charge on any atom is -0.385 e. The number of ether oxygens (including phenoxy) is 1. The summed E-state index contributed by atoms with van der Waals surface area (Å²) in [4.78, 5) is 29.1. The lowest BCUT2D eigenvalue weighted by atomic mass is 9.93. The van der Waals surface area contributed by atoms with E-state index in [-0.39, 0.29) is 17.9 Å². The number of carbonyl (C=O) groups excluding carboxylic acids is 2. The Balaban J connectivity index is 1.66. The van der Waals surface area contributed by atoms with Crippen LogP contribution in [0.15, 0.2) is 42.5 Å². The molecule has 1 saturated carbocycles. The summed E-state index contributed by atoms with van der Waals surface area (Å²) in [6.45, 7) is 3.41. The summed E-state index contributed by atoms with van der Waals surface area (Å²) in [7, 11) is 1.66. The number of carbonyl (C=O) groups is 2. The van der Waals surface area contributed by atoms with E-state index < -0.39 is 5.54 Å². The van der Waals surface area contributed by atoms with Crippen LogP contribution >= 0.6 is 0 Å². The van der Waals surface area contributed by atoms with E-state index in [2.05, 4.69) is 5.32 Å². The Morgan fingerprint density at radius 3 is 2.44 bits per heavy atom. The highest BCUT2D eigenvalue weighted by atomic mass is 16.5. The minimum absolute atomic E-state index is 0.0477. The minimum atomic E-state index is -0.952. The molecule has 4 rings (SSSR count). The van der Waals surface area contributed by atoms with E-state index >= 15 is 0 Å². The first-order valence-electron chi connectivity index (χ1n) is 11.9. The molecule has 2 aromatic rings. The number of amides is 2. The topological polar surface area (TPSA) is 63.6 Å². The molecule has 1 fully saturated rings. The molecule has 1 aliphatic heterocycles. The van der Waals surface area contributed by atoms with Crippen LogP contribution in [-0.4, -0.2) is 53.1 Å². The van der Waals surface area contributed by atoms with Crippen LogP contribution < -0.4 is 5.32 Å². The van der Waals surface area contributed by atoms with Crippen LogP contribution in [0.2, 0.25) is 0 Å². The predicted molar refractivity (Wildman–Crippen MR) is 125 cm³/mol. The van der Waals surface area contributed by atoms with Gasteiger partial charge in [0.25, 0.3) is 5.91 Å². The Morgan fingerprint density at radius 1 is 1.06 bits per heavy atom. The number of hydrogen-bond acceptors (Lipinski definition) is 3. The highest BCUT2D eigenvalue weighted by Gasteiger charge is 2.47. The molecule has 1 N–H and O–H groups in total. The molecular formula is C26H35N3O3. The molecule has 2 heterocycles. The Bertz CT molecular complexity index is 931. The first kappa shape index (κ1) is 22.6.